The van der Waals surface area contributed by atoms with Crippen LogP contribution in [-0.4, -0.2) is 23.3 Å². The Morgan fingerprint density at radius 3 is 2.41 bits per heavy atom. The van der Waals surface area contributed by atoms with Crippen molar-refractivity contribution in [2.24, 2.45) is 5.92 Å². The molecule has 0 saturated carbocycles. The van der Waals surface area contributed by atoms with E-state index in [1.807, 2.05) is 13.0 Å². The van der Waals surface area contributed by atoms with Gasteiger partial charge in [-0.15, -0.1) is 11.3 Å². The highest BCUT2D eigenvalue weighted by atomic mass is 35.5. The number of aromatic nitrogens is 1. The molecular formula is C20H16Cl2N4O2S. The van der Waals surface area contributed by atoms with E-state index < -0.39 is 11.8 Å². The number of aryl methyl sites for hydroxylation is 1. The average Bonchev–Trinajstić information content (AvgIpc) is 3.24. The fraction of sp³-hybridized carbons (Fsp3) is 0.150. The van der Waals surface area contributed by atoms with E-state index >= 15 is 0 Å². The van der Waals surface area contributed by atoms with E-state index in [1.54, 1.807) is 53.7 Å². The number of carbonyl (C=O) groups excluding carboxylic acids is 2. The summed E-state index contributed by atoms with van der Waals surface area (Å²) < 4.78 is 0. The number of nitrogens with zero attached hydrogens (tertiary/aromatic N) is 3. The van der Waals surface area contributed by atoms with E-state index in [-0.39, 0.29) is 12.5 Å². The van der Waals surface area contributed by atoms with Crippen molar-refractivity contribution in [3.8, 4) is 0 Å². The van der Waals surface area contributed by atoms with E-state index in [0.717, 1.165) is 4.88 Å². The molecule has 0 aliphatic carbocycles. The van der Waals surface area contributed by atoms with Gasteiger partial charge in [-0.05, 0) is 43.3 Å². The van der Waals surface area contributed by atoms with E-state index in [9.17, 15) is 9.59 Å². The van der Waals surface area contributed by atoms with Crippen molar-refractivity contribution in [1.29, 1.82) is 0 Å². The molecule has 2 aromatic carbocycles. The number of amides is 2. The van der Waals surface area contributed by atoms with E-state index in [4.69, 9.17) is 23.2 Å². The topological polar surface area (TPSA) is 65.5 Å². The number of hydrogen-bond acceptors (Lipinski definition) is 5. The first-order valence-electron chi connectivity index (χ1n) is 8.78. The van der Waals surface area contributed by atoms with Crippen molar-refractivity contribution < 1.29 is 9.59 Å². The van der Waals surface area contributed by atoms with Crippen LogP contribution >= 0.6 is 34.5 Å². The number of rotatable bonds is 4. The van der Waals surface area contributed by atoms with Crippen LogP contribution in [0.15, 0.2) is 54.7 Å². The lowest BCUT2D eigenvalue weighted by molar-refractivity contribution is -0.128. The number of thiazole rings is 1. The van der Waals surface area contributed by atoms with Gasteiger partial charge in [0.15, 0.2) is 5.13 Å². The van der Waals surface area contributed by atoms with Crippen LogP contribution in [0.3, 0.4) is 0 Å². The van der Waals surface area contributed by atoms with Gasteiger partial charge in [0.2, 0.25) is 5.91 Å². The molecule has 1 saturated heterocycles. The standard InChI is InChI=1S/C20H16Cl2N4O2S/c1-12-10-23-20(29-12)24-18(27)17-11-25(15-6-2-4-13(21)8-15)26(19(17)28)16-7-3-5-14(22)9-16/h2-10,17H,11H2,1H3,(H,23,24,27). The van der Waals surface area contributed by atoms with Gasteiger partial charge in [-0.1, -0.05) is 35.3 Å². The molecule has 0 radical (unpaired) electrons. The molecule has 1 aromatic heterocycles. The maximum absolute atomic E-state index is 13.3. The van der Waals surface area contributed by atoms with Crippen LogP contribution in [0.25, 0.3) is 0 Å². The molecule has 1 N–H and O–H groups in total. The molecule has 148 valence electrons. The number of benzene rings is 2. The average molecular weight is 447 g/mol. The van der Waals surface area contributed by atoms with E-state index in [0.29, 0.717) is 26.6 Å². The summed E-state index contributed by atoms with van der Waals surface area (Å²) in [5.74, 6) is -1.66. The van der Waals surface area contributed by atoms with Crippen LogP contribution in [0, 0.1) is 12.8 Å². The quantitative estimate of drug-likeness (QED) is 0.585. The zero-order chi connectivity index (χ0) is 20.5. The lowest BCUT2D eigenvalue weighted by atomic mass is 10.1. The second-order valence-corrected chi connectivity index (χ2v) is 8.62. The number of hydrogen-bond donors (Lipinski definition) is 1. The Labute approximate surface area is 181 Å². The summed E-state index contributed by atoms with van der Waals surface area (Å²) in [6.45, 7) is 2.07. The molecule has 1 unspecified atom stereocenters. The van der Waals surface area contributed by atoms with Gasteiger partial charge < -0.3 is 5.32 Å². The summed E-state index contributed by atoms with van der Waals surface area (Å²) in [7, 11) is 0. The zero-order valence-corrected chi connectivity index (χ0v) is 17.6. The summed E-state index contributed by atoms with van der Waals surface area (Å²) in [6, 6.07) is 14.1. The van der Waals surface area contributed by atoms with Crippen molar-refractivity contribution in [2.75, 3.05) is 21.9 Å². The molecule has 0 spiro atoms. The third-order valence-corrected chi connectivity index (χ3v) is 5.73. The number of carbonyl (C=O) groups is 2. The number of nitrogens with one attached hydrogen (secondary N) is 1. The molecule has 0 bridgehead atoms. The Bertz CT molecular complexity index is 1090. The third kappa shape index (κ3) is 4.07. The maximum Gasteiger partial charge on any atom is 0.260 e. The monoisotopic (exact) mass is 446 g/mol. The van der Waals surface area contributed by atoms with Crippen LogP contribution in [-0.2, 0) is 9.59 Å². The van der Waals surface area contributed by atoms with Gasteiger partial charge in [0.1, 0.15) is 5.92 Å². The van der Waals surface area contributed by atoms with Crippen LogP contribution < -0.4 is 15.3 Å². The Hall–Kier alpha value is -2.61. The molecule has 29 heavy (non-hydrogen) atoms. The van der Waals surface area contributed by atoms with E-state index in [2.05, 4.69) is 10.3 Å². The summed E-state index contributed by atoms with van der Waals surface area (Å²) in [4.78, 5) is 31.2. The van der Waals surface area contributed by atoms with Crippen molar-refractivity contribution >= 4 is 62.9 Å². The molecule has 1 atom stereocenters. The van der Waals surface area contributed by atoms with Gasteiger partial charge >= 0.3 is 0 Å². The predicted octanol–water partition coefficient (Wildman–Crippen LogP) is 4.78. The number of anilines is 3. The van der Waals surface area contributed by atoms with Crippen LogP contribution in [0.1, 0.15) is 4.88 Å². The van der Waals surface area contributed by atoms with Crippen molar-refractivity contribution in [3.05, 3.63) is 69.7 Å². The SMILES string of the molecule is Cc1cnc(NC(=O)C2CN(c3cccc(Cl)c3)N(c3cccc(Cl)c3)C2=O)s1. The first-order chi connectivity index (χ1) is 13.9. The second kappa shape index (κ2) is 8.02. The molecular weight excluding hydrogens is 431 g/mol. The van der Waals surface area contributed by atoms with Crippen molar-refractivity contribution in [1.82, 2.24) is 4.98 Å². The number of hydrazine groups is 1. The largest absolute Gasteiger partial charge is 0.301 e. The van der Waals surface area contributed by atoms with Crippen molar-refractivity contribution in [3.63, 3.8) is 0 Å². The molecule has 6 nitrogen and oxygen atoms in total. The van der Waals surface area contributed by atoms with Gasteiger partial charge in [0.25, 0.3) is 5.91 Å². The van der Waals surface area contributed by atoms with Gasteiger partial charge in [0, 0.05) is 21.1 Å². The van der Waals surface area contributed by atoms with Gasteiger partial charge in [-0.2, -0.15) is 0 Å². The Morgan fingerprint density at radius 2 is 1.79 bits per heavy atom. The van der Waals surface area contributed by atoms with Gasteiger partial charge in [-0.25, -0.2) is 9.99 Å². The molecule has 2 heterocycles. The highest BCUT2D eigenvalue weighted by Crippen LogP contribution is 2.33. The minimum Gasteiger partial charge on any atom is -0.301 e. The van der Waals surface area contributed by atoms with Gasteiger partial charge in [0.05, 0.1) is 17.9 Å². The first kappa shape index (κ1) is 19.7. The molecule has 4 rings (SSSR count). The second-order valence-electron chi connectivity index (χ2n) is 6.51. The molecule has 2 amide bonds. The van der Waals surface area contributed by atoms with Crippen molar-refractivity contribution in [2.45, 2.75) is 6.92 Å². The third-order valence-electron chi connectivity index (χ3n) is 4.43. The van der Waals surface area contributed by atoms with Crippen LogP contribution in [0.5, 0.6) is 0 Å². The lowest BCUT2D eigenvalue weighted by Gasteiger charge is -2.29. The molecule has 3 aromatic rings. The molecule has 1 aliphatic heterocycles. The lowest BCUT2D eigenvalue weighted by Crippen LogP contribution is -2.39. The summed E-state index contributed by atoms with van der Waals surface area (Å²) in [5, 5.41) is 7.44. The highest BCUT2D eigenvalue weighted by molar-refractivity contribution is 7.15. The smallest absolute Gasteiger partial charge is 0.260 e. The summed E-state index contributed by atoms with van der Waals surface area (Å²) in [6.07, 6.45) is 1.67. The molecule has 1 fully saturated rings. The van der Waals surface area contributed by atoms with E-state index in [1.165, 1.54) is 16.3 Å². The normalized spacial score (nSPS) is 16.4. The minimum atomic E-state index is -0.905. The summed E-state index contributed by atoms with van der Waals surface area (Å²) >= 11 is 13.6. The Kier molecular flexibility index (Phi) is 5.45. The fourth-order valence-corrected chi connectivity index (χ4v) is 4.17. The number of halogens is 2. The Balaban J connectivity index is 1.68. The minimum absolute atomic E-state index is 0.169. The fourth-order valence-electron chi connectivity index (χ4n) is 3.13. The maximum atomic E-state index is 13.3. The zero-order valence-electron chi connectivity index (χ0n) is 15.3. The van der Waals surface area contributed by atoms with Gasteiger partial charge in [-0.3, -0.25) is 14.6 Å². The molecule has 1 aliphatic rings. The first-order valence-corrected chi connectivity index (χ1v) is 10.4. The predicted molar refractivity (Wildman–Crippen MR) is 117 cm³/mol. The summed E-state index contributed by atoms with van der Waals surface area (Å²) in [5.41, 5.74) is 1.27. The van der Waals surface area contributed by atoms with Crippen LogP contribution in [0.2, 0.25) is 10.0 Å². The molecule has 9 heteroatoms. The van der Waals surface area contributed by atoms with Crippen LogP contribution in [0.4, 0.5) is 16.5 Å². The highest BCUT2D eigenvalue weighted by Gasteiger charge is 2.43. The Morgan fingerprint density at radius 1 is 1.14 bits per heavy atom.